The number of nitrogens with one attached hydrogen (secondary N) is 2. The second-order valence-electron chi connectivity index (χ2n) is 5.76. The highest BCUT2D eigenvalue weighted by atomic mass is 32.1. The van der Waals surface area contributed by atoms with Gasteiger partial charge in [0.25, 0.3) is 5.91 Å². The van der Waals surface area contributed by atoms with Crippen molar-refractivity contribution in [1.29, 1.82) is 0 Å². The zero-order valence-corrected chi connectivity index (χ0v) is 15.1. The Morgan fingerprint density at radius 3 is 2.64 bits per heavy atom. The van der Waals surface area contributed by atoms with Crippen molar-refractivity contribution in [2.75, 3.05) is 19.0 Å². The average molecular weight is 353 g/mol. The summed E-state index contributed by atoms with van der Waals surface area (Å²) < 4.78 is 0. The number of benzene rings is 1. The zero-order chi connectivity index (χ0) is 17.8. The Morgan fingerprint density at radius 1 is 1.24 bits per heavy atom. The van der Waals surface area contributed by atoms with E-state index < -0.39 is 0 Å². The second kappa shape index (κ2) is 7.31. The molecule has 0 aliphatic heterocycles. The van der Waals surface area contributed by atoms with Crippen molar-refractivity contribution in [1.82, 2.24) is 15.6 Å². The number of carbonyl (C=O) groups excluding carboxylic acids is 1. The summed E-state index contributed by atoms with van der Waals surface area (Å²) in [6, 6.07) is 13.6. The molecule has 0 unspecified atom stereocenters. The van der Waals surface area contributed by atoms with Gasteiger partial charge in [-0.3, -0.25) is 9.89 Å². The van der Waals surface area contributed by atoms with E-state index in [1.165, 1.54) is 4.88 Å². The standard InChI is InChI=1S/C18H19N5OS/c1-12-4-9-17(25-12)15-10-16(21-20-15)18(24)22-19-11-13-5-7-14(8-6-13)23(2)3/h4-11H,1-3H3,(H,20,21)(H,22,24). The van der Waals surface area contributed by atoms with Crippen LogP contribution in [-0.4, -0.2) is 36.4 Å². The summed E-state index contributed by atoms with van der Waals surface area (Å²) in [5.41, 5.74) is 5.64. The number of rotatable bonds is 5. The van der Waals surface area contributed by atoms with Crippen LogP contribution in [0.1, 0.15) is 20.9 Å². The molecule has 7 heteroatoms. The third kappa shape index (κ3) is 4.13. The van der Waals surface area contributed by atoms with Crippen LogP contribution in [0.3, 0.4) is 0 Å². The molecule has 6 nitrogen and oxygen atoms in total. The van der Waals surface area contributed by atoms with E-state index in [0.29, 0.717) is 5.69 Å². The molecule has 1 amide bonds. The molecule has 2 N–H and O–H groups in total. The number of H-pyrrole nitrogens is 1. The molecule has 0 atom stereocenters. The van der Waals surface area contributed by atoms with E-state index in [4.69, 9.17) is 0 Å². The number of thiophene rings is 1. The van der Waals surface area contributed by atoms with Gasteiger partial charge in [-0.1, -0.05) is 12.1 Å². The maximum atomic E-state index is 12.1. The van der Waals surface area contributed by atoms with Gasteiger partial charge in [0.1, 0.15) is 0 Å². The maximum absolute atomic E-state index is 12.1. The number of carbonyl (C=O) groups is 1. The predicted octanol–water partition coefficient (Wildman–Crippen LogP) is 3.28. The molecule has 0 aliphatic rings. The van der Waals surface area contributed by atoms with Crippen molar-refractivity contribution in [2.45, 2.75) is 6.92 Å². The molecule has 3 aromatic rings. The second-order valence-corrected chi connectivity index (χ2v) is 7.05. The number of anilines is 1. The third-order valence-electron chi connectivity index (χ3n) is 3.61. The molecule has 25 heavy (non-hydrogen) atoms. The Balaban J connectivity index is 1.61. The summed E-state index contributed by atoms with van der Waals surface area (Å²) in [6.07, 6.45) is 1.60. The first kappa shape index (κ1) is 16.9. The fourth-order valence-electron chi connectivity index (χ4n) is 2.22. The fourth-order valence-corrected chi connectivity index (χ4v) is 3.06. The molecule has 128 valence electrons. The van der Waals surface area contributed by atoms with Gasteiger partial charge in [0.15, 0.2) is 5.69 Å². The van der Waals surface area contributed by atoms with E-state index in [2.05, 4.69) is 20.7 Å². The lowest BCUT2D eigenvalue weighted by molar-refractivity contribution is 0.0950. The van der Waals surface area contributed by atoms with Crippen LogP contribution in [0.5, 0.6) is 0 Å². The molecule has 0 aliphatic carbocycles. The van der Waals surface area contributed by atoms with Crippen LogP contribution < -0.4 is 10.3 Å². The Kier molecular flexibility index (Phi) is 4.95. The first-order valence-corrected chi connectivity index (χ1v) is 8.57. The van der Waals surface area contributed by atoms with Gasteiger partial charge in [0, 0.05) is 24.7 Å². The number of aromatic amines is 1. The van der Waals surface area contributed by atoms with Crippen molar-refractivity contribution in [3.8, 4) is 10.6 Å². The number of hydrogen-bond acceptors (Lipinski definition) is 5. The molecule has 1 aromatic carbocycles. The van der Waals surface area contributed by atoms with Crippen LogP contribution in [0.2, 0.25) is 0 Å². The van der Waals surface area contributed by atoms with Crippen molar-refractivity contribution in [3.05, 3.63) is 58.6 Å². The van der Waals surface area contributed by atoms with Crippen molar-refractivity contribution in [2.24, 2.45) is 5.10 Å². The summed E-state index contributed by atoms with van der Waals surface area (Å²) in [5.74, 6) is -0.350. The van der Waals surface area contributed by atoms with Crippen LogP contribution in [0.25, 0.3) is 10.6 Å². The predicted molar refractivity (Wildman–Crippen MR) is 102 cm³/mol. The molecular formula is C18H19N5OS. The van der Waals surface area contributed by atoms with Gasteiger partial charge in [-0.2, -0.15) is 10.2 Å². The fraction of sp³-hybridized carbons (Fsp3) is 0.167. The summed E-state index contributed by atoms with van der Waals surface area (Å²) in [5, 5.41) is 10.9. The highest BCUT2D eigenvalue weighted by Gasteiger charge is 2.11. The maximum Gasteiger partial charge on any atom is 0.291 e. The van der Waals surface area contributed by atoms with Crippen molar-refractivity contribution in [3.63, 3.8) is 0 Å². The van der Waals surface area contributed by atoms with E-state index in [-0.39, 0.29) is 5.91 Å². The van der Waals surface area contributed by atoms with E-state index in [9.17, 15) is 4.79 Å². The molecule has 0 saturated carbocycles. The summed E-state index contributed by atoms with van der Waals surface area (Å²) in [6.45, 7) is 2.04. The molecule has 0 spiro atoms. The molecule has 2 aromatic heterocycles. The van der Waals surface area contributed by atoms with Crippen LogP contribution in [-0.2, 0) is 0 Å². The molecule has 0 saturated heterocycles. The molecule has 0 radical (unpaired) electrons. The molecule has 0 bridgehead atoms. The topological polar surface area (TPSA) is 73.4 Å². The minimum absolute atomic E-state index is 0.307. The normalized spacial score (nSPS) is 11.0. The van der Waals surface area contributed by atoms with Crippen LogP contribution in [0.15, 0.2) is 47.6 Å². The first-order chi connectivity index (χ1) is 12.0. The smallest absolute Gasteiger partial charge is 0.291 e. The van der Waals surface area contributed by atoms with Crippen molar-refractivity contribution < 1.29 is 4.79 Å². The van der Waals surface area contributed by atoms with E-state index in [1.54, 1.807) is 23.6 Å². The van der Waals surface area contributed by atoms with Gasteiger partial charge < -0.3 is 4.90 Å². The number of aryl methyl sites for hydroxylation is 1. The van der Waals surface area contributed by atoms with Crippen LogP contribution >= 0.6 is 11.3 Å². The number of amides is 1. The average Bonchev–Trinajstić information content (AvgIpc) is 3.24. The monoisotopic (exact) mass is 353 g/mol. The highest BCUT2D eigenvalue weighted by Crippen LogP contribution is 2.26. The summed E-state index contributed by atoms with van der Waals surface area (Å²) in [7, 11) is 3.97. The molecular weight excluding hydrogens is 334 g/mol. The number of aromatic nitrogens is 2. The Bertz CT molecular complexity index is 892. The van der Waals surface area contributed by atoms with Gasteiger partial charge >= 0.3 is 0 Å². The molecule has 3 rings (SSSR count). The SMILES string of the molecule is Cc1ccc(-c2cc(C(=O)NN=Cc3ccc(N(C)C)cc3)n[nH]2)s1. The number of hydrazone groups is 1. The Hall–Kier alpha value is -2.93. The van der Waals surface area contributed by atoms with Gasteiger partial charge in [0.05, 0.1) is 16.8 Å². The highest BCUT2D eigenvalue weighted by molar-refractivity contribution is 7.15. The number of nitrogens with zero attached hydrogens (tertiary/aromatic N) is 3. The van der Waals surface area contributed by atoms with Crippen molar-refractivity contribution >= 4 is 29.1 Å². The Labute approximate surface area is 150 Å². The minimum Gasteiger partial charge on any atom is -0.378 e. The van der Waals surface area contributed by atoms with Crippen LogP contribution in [0, 0.1) is 6.92 Å². The van der Waals surface area contributed by atoms with Gasteiger partial charge in [-0.25, -0.2) is 5.43 Å². The Morgan fingerprint density at radius 2 is 2.00 bits per heavy atom. The quantitative estimate of drug-likeness (QED) is 0.546. The lowest BCUT2D eigenvalue weighted by atomic mass is 10.2. The summed E-state index contributed by atoms with van der Waals surface area (Å²) >= 11 is 1.65. The van der Waals surface area contributed by atoms with E-state index in [0.717, 1.165) is 21.8 Å². The van der Waals surface area contributed by atoms with E-state index >= 15 is 0 Å². The zero-order valence-electron chi connectivity index (χ0n) is 14.3. The summed E-state index contributed by atoms with van der Waals surface area (Å²) in [4.78, 5) is 16.4. The van der Waals surface area contributed by atoms with E-state index in [1.807, 2.05) is 62.3 Å². The van der Waals surface area contributed by atoms with Gasteiger partial charge in [-0.15, -0.1) is 11.3 Å². The van der Waals surface area contributed by atoms with Crippen LogP contribution in [0.4, 0.5) is 5.69 Å². The first-order valence-electron chi connectivity index (χ1n) is 7.76. The molecule has 2 heterocycles. The lowest BCUT2D eigenvalue weighted by Gasteiger charge is -2.11. The van der Waals surface area contributed by atoms with Gasteiger partial charge in [-0.05, 0) is 42.8 Å². The third-order valence-corrected chi connectivity index (χ3v) is 4.64. The minimum atomic E-state index is -0.350. The number of hydrogen-bond donors (Lipinski definition) is 2. The molecule has 0 fully saturated rings. The van der Waals surface area contributed by atoms with Gasteiger partial charge in [0.2, 0.25) is 0 Å². The lowest BCUT2D eigenvalue weighted by Crippen LogP contribution is -2.18. The largest absolute Gasteiger partial charge is 0.378 e.